The van der Waals surface area contributed by atoms with Crippen LogP contribution < -0.4 is 10.1 Å². The lowest BCUT2D eigenvalue weighted by molar-refractivity contribution is -0.113. The fourth-order valence-electron chi connectivity index (χ4n) is 5.06. The van der Waals surface area contributed by atoms with Crippen molar-refractivity contribution in [2.24, 2.45) is 11.3 Å². The minimum Gasteiger partial charge on any atom is -0.486 e. The van der Waals surface area contributed by atoms with Crippen LogP contribution in [0, 0.1) is 36.5 Å². The molecule has 1 unspecified atom stereocenters. The van der Waals surface area contributed by atoms with E-state index < -0.39 is 0 Å². The normalized spacial score (nSPS) is 15.1. The Morgan fingerprint density at radius 1 is 1.26 bits per heavy atom. The second-order valence-corrected chi connectivity index (χ2v) is 12.7. The first kappa shape index (κ1) is 28.2. The number of carbonyl (C=O) groups is 1. The number of aromatic nitrogens is 3. The van der Waals surface area contributed by atoms with Gasteiger partial charge in [0.15, 0.2) is 11.0 Å². The molecule has 0 spiro atoms. The number of carbonyl (C=O) groups excluding carboxylic acids is 1. The number of fused-ring (bicyclic) bond motifs is 1. The predicted molar refractivity (Wildman–Crippen MR) is 154 cm³/mol. The zero-order valence-electron chi connectivity index (χ0n) is 23.2. The van der Waals surface area contributed by atoms with E-state index in [1.165, 1.54) is 16.6 Å². The summed E-state index contributed by atoms with van der Waals surface area (Å²) in [5.74, 6) is 2.16. The molecule has 4 rings (SSSR count). The van der Waals surface area contributed by atoms with Gasteiger partial charge in [-0.1, -0.05) is 45.0 Å². The summed E-state index contributed by atoms with van der Waals surface area (Å²) in [4.78, 5) is 14.2. The molecule has 3 aromatic rings. The Morgan fingerprint density at radius 3 is 2.66 bits per heavy atom. The van der Waals surface area contributed by atoms with Gasteiger partial charge in [-0.2, -0.15) is 5.26 Å². The molecule has 0 fully saturated rings. The minimum atomic E-state index is -0.144. The van der Waals surface area contributed by atoms with Gasteiger partial charge in [0.05, 0.1) is 11.3 Å². The lowest BCUT2D eigenvalue weighted by Crippen LogP contribution is -2.28. The standard InChI is InChI=1S/C29H37N5O2S2/c1-7-29(5,6)20-9-10-22-23(15-30)27(38-24(22)14-20)31-26(35)17-37-28-33-32-25(34(28)8-2)16-36-21-12-18(3)11-19(4)13-21/h11-13,20H,7-10,14,16-17H2,1-6H3,(H,31,35). The van der Waals surface area contributed by atoms with Crippen LogP contribution in [0.1, 0.15) is 73.5 Å². The van der Waals surface area contributed by atoms with Gasteiger partial charge in [0.2, 0.25) is 5.91 Å². The molecule has 1 aliphatic carbocycles. The van der Waals surface area contributed by atoms with Gasteiger partial charge in [-0.25, -0.2) is 0 Å². The first-order chi connectivity index (χ1) is 18.1. The largest absolute Gasteiger partial charge is 0.486 e. The molecule has 38 heavy (non-hydrogen) atoms. The average molecular weight is 552 g/mol. The van der Waals surface area contributed by atoms with Gasteiger partial charge < -0.3 is 14.6 Å². The van der Waals surface area contributed by atoms with Gasteiger partial charge in [-0.15, -0.1) is 21.5 Å². The van der Waals surface area contributed by atoms with Crippen molar-refractivity contribution < 1.29 is 9.53 Å². The molecule has 202 valence electrons. The van der Waals surface area contributed by atoms with Crippen molar-refractivity contribution in [2.45, 2.75) is 85.5 Å². The van der Waals surface area contributed by atoms with Crippen LogP contribution >= 0.6 is 23.1 Å². The molecule has 1 aliphatic rings. The summed E-state index contributed by atoms with van der Waals surface area (Å²) in [6.07, 6.45) is 4.10. The highest BCUT2D eigenvalue weighted by atomic mass is 32.2. The number of aryl methyl sites for hydroxylation is 2. The summed E-state index contributed by atoms with van der Waals surface area (Å²) in [5.41, 5.74) is 4.33. The Labute approximate surface area is 234 Å². The number of nitriles is 1. The molecule has 2 heterocycles. The highest BCUT2D eigenvalue weighted by molar-refractivity contribution is 7.99. The summed E-state index contributed by atoms with van der Waals surface area (Å²) >= 11 is 2.92. The third kappa shape index (κ3) is 6.24. The molecule has 2 aromatic heterocycles. The van der Waals surface area contributed by atoms with Crippen molar-refractivity contribution >= 4 is 34.0 Å². The molecule has 0 aliphatic heterocycles. The van der Waals surface area contributed by atoms with E-state index in [1.807, 2.05) is 37.5 Å². The van der Waals surface area contributed by atoms with Crippen molar-refractivity contribution in [1.29, 1.82) is 5.26 Å². The molecule has 0 bridgehead atoms. The fraction of sp³-hybridized carbons (Fsp3) is 0.517. The molecule has 0 radical (unpaired) electrons. The van der Waals surface area contributed by atoms with Crippen LogP contribution in [0.15, 0.2) is 23.4 Å². The molecule has 1 aromatic carbocycles. The molecular weight excluding hydrogens is 514 g/mol. The van der Waals surface area contributed by atoms with Gasteiger partial charge in [0, 0.05) is 11.4 Å². The number of benzene rings is 1. The Morgan fingerprint density at radius 2 is 2.00 bits per heavy atom. The summed E-state index contributed by atoms with van der Waals surface area (Å²) in [7, 11) is 0. The van der Waals surface area contributed by atoms with Crippen LogP contribution in [0.5, 0.6) is 5.75 Å². The van der Waals surface area contributed by atoms with Gasteiger partial charge in [-0.3, -0.25) is 4.79 Å². The molecule has 9 heteroatoms. The topological polar surface area (TPSA) is 92.8 Å². The van der Waals surface area contributed by atoms with Crippen LogP contribution in [-0.4, -0.2) is 26.4 Å². The minimum absolute atomic E-state index is 0.144. The smallest absolute Gasteiger partial charge is 0.235 e. The highest BCUT2D eigenvalue weighted by Gasteiger charge is 2.34. The SMILES string of the molecule is CCn1c(COc2cc(C)cc(C)c2)nnc1SCC(=O)Nc1sc2c(c1C#N)CCC(C(C)(C)CC)C2. The molecule has 0 saturated heterocycles. The number of rotatable bonds is 10. The third-order valence-corrected chi connectivity index (χ3v) is 9.79. The van der Waals surface area contributed by atoms with Crippen LogP contribution in [0.2, 0.25) is 0 Å². The van der Waals surface area contributed by atoms with E-state index >= 15 is 0 Å². The molecular formula is C29H37N5O2S2. The molecule has 1 atom stereocenters. The third-order valence-electron chi connectivity index (χ3n) is 7.65. The van der Waals surface area contributed by atoms with Gasteiger partial charge in [-0.05, 0) is 80.2 Å². The number of amides is 1. The monoisotopic (exact) mass is 551 g/mol. The number of hydrogen-bond acceptors (Lipinski definition) is 7. The first-order valence-electron chi connectivity index (χ1n) is 13.3. The van der Waals surface area contributed by atoms with E-state index in [2.05, 4.69) is 48.4 Å². The number of hydrogen-bond donors (Lipinski definition) is 1. The van der Waals surface area contributed by atoms with E-state index in [0.29, 0.717) is 34.8 Å². The molecule has 1 amide bonds. The maximum atomic E-state index is 12.9. The number of thioether (sulfide) groups is 1. The summed E-state index contributed by atoms with van der Waals surface area (Å²) in [5, 5.41) is 22.8. The lowest BCUT2D eigenvalue weighted by Gasteiger charge is -2.36. The Hall–Kier alpha value is -2.83. The summed E-state index contributed by atoms with van der Waals surface area (Å²) in [6.45, 7) is 14.0. The lowest BCUT2D eigenvalue weighted by atomic mass is 9.69. The van der Waals surface area contributed by atoms with Crippen molar-refractivity contribution in [2.75, 3.05) is 11.1 Å². The second-order valence-electron chi connectivity index (χ2n) is 10.7. The van der Waals surface area contributed by atoms with Crippen molar-refractivity contribution in [3.8, 4) is 11.8 Å². The van der Waals surface area contributed by atoms with Crippen LogP contribution in [-0.2, 0) is 30.8 Å². The highest BCUT2D eigenvalue weighted by Crippen LogP contribution is 2.45. The van der Waals surface area contributed by atoms with E-state index in [4.69, 9.17) is 4.74 Å². The Balaban J connectivity index is 1.38. The zero-order chi connectivity index (χ0) is 27.4. The van der Waals surface area contributed by atoms with Crippen molar-refractivity contribution in [1.82, 2.24) is 14.8 Å². The van der Waals surface area contributed by atoms with E-state index in [1.54, 1.807) is 11.3 Å². The Bertz CT molecular complexity index is 1330. The molecule has 7 nitrogen and oxygen atoms in total. The second kappa shape index (κ2) is 11.9. The fourth-order valence-corrected chi connectivity index (χ4v) is 7.17. The quantitative estimate of drug-likeness (QED) is 0.282. The van der Waals surface area contributed by atoms with Gasteiger partial charge >= 0.3 is 0 Å². The number of ether oxygens (including phenoxy) is 1. The van der Waals surface area contributed by atoms with E-state index in [9.17, 15) is 10.1 Å². The molecule has 1 N–H and O–H groups in total. The predicted octanol–water partition coefficient (Wildman–Crippen LogP) is 6.70. The van der Waals surface area contributed by atoms with Crippen molar-refractivity contribution in [3.63, 3.8) is 0 Å². The van der Waals surface area contributed by atoms with Gasteiger partial charge in [0.1, 0.15) is 23.4 Å². The average Bonchev–Trinajstić information content (AvgIpc) is 3.44. The maximum absolute atomic E-state index is 12.9. The van der Waals surface area contributed by atoms with Crippen LogP contribution in [0.25, 0.3) is 0 Å². The first-order valence-corrected chi connectivity index (χ1v) is 15.1. The van der Waals surface area contributed by atoms with Gasteiger partial charge in [0.25, 0.3) is 0 Å². The van der Waals surface area contributed by atoms with E-state index in [0.717, 1.165) is 53.9 Å². The Kier molecular flexibility index (Phi) is 8.84. The number of nitrogens with one attached hydrogen (secondary N) is 1. The zero-order valence-corrected chi connectivity index (χ0v) is 24.8. The number of anilines is 1. The summed E-state index contributed by atoms with van der Waals surface area (Å²) in [6, 6.07) is 8.47. The summed E-state index contributed by atoms with van der Waals surface area (Å²) < 4.78 is 7.95. The van der Waals surface area contributed by atoms with E-state index in [-0.39, 0.29) is 17.1 Å². The number of nitrogens with zero attached hydrogens (tertiary/aromatic N) is 4. The number of thiophene rings is 1. The maximum Gasteiger partial charge on any atom is 0.235 e. The van der Waals surface area contributed by atoms with Crippen LogP contribution in [0.4, 0.5) is 5.00 Å². The molecule has 0 saturated carbocycles. The van der Waals surface area contributed by atoms with Crippen molar-refractivity contribution in [3.05, 3.63) is 51.2 Å². The van der Waals surface area contributed by atoms with Crippen LogP contribution in [0.3, 0.4) is 0 Å².